The van der Waals surface area contributed by atoms with Gasteiger partial charge in [0.1, 0.15) is 6.61 Å². The first-order chi connectivity index (χ1) is 17.4. The minimum atomic E-state index is -0.952. The van der Waals surface area contributed by atoms with Crippen LogP contribution in [0, 0.1) is 0 Å². The highest BCUT2D eigenvalue weighted by molar-refractivity contribution is 6.36. The van der Waals surface area contributed by atoms with Gasteiger partial charge in [-0.1, -0.05) is 49.0 Å². The van der Waals surface area contributed by atoms with Crippen LogP contribution in [0.15, 0.2) is 60.8 Å². The number of hydrogen-bond acceptors (Lipinski definition) is 5. The van der Waals surface area contributed by atoms with Crippen molar-refractivity contribution < 1.29 is 19.4 Å². The summed E-state index contributed by atoms with van der Waals surface area (Å²) >= 11 is 12.3. The highest BCUT2D eigenvalue weighted by Gasteiger charge is 2.12. The van der Waals surface area contributed by atoms with Crippen LogP contribution in [0.25, 0.3) is 11.1 Å². The van der Waals surface area contributed by atoms with Crippen LogP contribution in [-0.2, 0) is 4.79 Å². The molecular formula is C27H29Cl2N3O4. The molecule has 9 heteroatoms. The number of carbonyl (C=O) groups excluding carboxylic acids is 1. The molecule has 3 N–H and O–H groups in total. The van der Waals surface area contributed by atoms with Gasteiger partial charge in [-0.25, -0.2) is 4.98 Å². The van der Waals surface area contributed by atoms with Gasteiger partial charge in [0.15, 0.2) is 0 Å². The first kappa shape index (κ1) is 27.3. The van der Waals surface area contributed by atoms with Gasteiger partial charge in [-0.3, -0.25) is 9.59 Å². The summed E-state index contributed by atoms with van der Waals surface area (Å²) in [6, 6.07) is 16.2. The van der Waals surface area contributed by atoms with Gasteiger partial charge in [0.25, 0.3) is 5.91 Å². The number of carboxylic acids is 1. The summed E-state index contributed by atoms with van der Waals surface area (Å²) < 4.78 is 5.96. The van der Waals surface area contributed by atoms with E-state index in [1.54, 1.807) is 30.5 Å². The fourth-order valence-electron chi connectivity index (χ4n) is 3.52. The predicted molar refractivity (Wildman–Crippen MR) is 143 cm³/mol. The topological polar surface area (TPSA) is 101 Å². The van der Waals surface area contributed by atoms with Crippen molar-refractivity contribution in [3.8, 4) is 17.0 Å². The summed E-state index contributed by atoms with van der Waals surface area (Å²) in [5.74, 6) is -0.740. The van der Waals surface area contributed by atoms with Crippen molar-refractivity contribution in [2.75, 3.05) is 18.5 Å². The fraction of sp³-hybridized carbons (Fsp3) is 0.296. The van der Waals surface area contributed by atoms with Gasteiger partial charge < -0.3 is 20.5 Å². The van der Waals surface area contributed by atoms with E-state index in [1.807, 2.05) is 30.3 Å². The number of amides is 1. The normalized spacial score (nSPS) is 11.5. The zero-order chi connectivity index (χ0) is 25.9. The summed E-state index contributed by atoms with van der Waals surface area (Å²) in [6.45, 7) is 2.65. The first-order valence-electron chi connectivity index (χ1n) is 11.8. The van der Waals surface area contributed by atoms with Crippen molar-refractivity contribution in [3.05, 3.63) is 76.4 Å². The molecule has 0 saturated carbocycles. The van der Waals surface area contributed by atoms with Gasteiger partial charge in [-0.05, 0) is 48.9 Å². The predicted octanol–water partition coefficient (Wildman–Crippen LogP) is 6.31. The molecule has 0 saturated heterocycles. The minimum Gasteiger partial charge on any atom is -0.481 e. The zero-order valence-electron chi connectivity index (χ0n) is 20.0. The number of hydrogen-bond donors (Lipinski definition) is 3. The number of ether oxygens (including phenoxy) is 1. The minimum absolute atomic E-state index is 0.0485. The molecule has 2 aromatic carbocycles. The van der Waals surface area contributed by atoms with Crippen LogP contribution >= 0.6 is 23.2 Å². The Kier molecular flexibility index (Phi) is 10.4. The number of rotatable bonds is 13. The molecule has 1 aromatic heterocycles. The Morgan fingerprint density at radius 3 is 2.50 bits per heavy atom. The van der Waals surface area contributed by atoms with Gasteiger partial charge >= 0.3 is 5.97 Å². The Morgan fingerprint density at radius 2 is 1.86 bits per heavy atom. The second-order valence-electron chi connectivity index (χ2n) is 8.28. The Morgan fingerprint density at radius 1 is 1.08 bits per heavy atom. The quantitative estimate of drug-likeness (QED) is 0.240. The van der Waals surface area contributed by atoms with Crippen LogP contribution in [0.3, 0.4) is 0 Å². The number of halogens is 2. The summed E-state index contributed by atoms with van der Waals surface area (Å²) in [6.07, 6.45) is 4.61. The number of aromatic nitrogens is 1. The lowest BCUT2D eigenvalue weighted by atomic mass is 10.1. The summed E-state index contributed by atoms with van der Waals surface area (Å²) in [5, 5.41) is 15.9. The van der Waals surface area contributed by atoms with Crippen molar-refractivity contribution >= 4 is 40.8 Å². The Labute approximate surface area is 220 Å². The van der Waals surface area contributed by atoms with E-state index in [4.69, 9.17) is 33.0 Å². The number of anilines is 1. The van der Waals surface area contributed by atoms with Gasteiger partial charge in [0.2, 0.25) is 5.88 Å². The monoisotopic (exact) mass is 529 g/mol. The molecule has 0 aliphatic rings. The molecule has 3 rings (SSSR count). The van der Waals surface area contributed by atoms with Crippen LogP contribution in [-0.4, -0.2) is 41.2 Å². The average Bonchev–Trinajstić information content (AvgIpc) is 2.86. The van der Waals surface area contributed by atoms with E-state index < -0.39 is 5.97 Å². The second kappa shape index (κ2) is 13.7. The van der Waals surface area contributed by atoms with Crippen LogP contribution < -0.4 is 15.4 Å². The lowest BCUT2D eigenvalue weighted by Gasteiger charge is -2.20. The fourth-order valence-corrected chi connectivity index (χ4v) is 4.04. The van der Waals surface area contributed by atoms with E-state index in [0.717, 1.165) is 36.1 Å². The third-order valence-corrected chi connectivity index (χ3v) is 6.01. The van der Waals surface area contributed by atoms with Crippen molar-refractivity contribution in [1.82, 2.24) is 10.3 Å². The molecule has 0 radical (unpaired) electrons. The number of carboxylic acid groups (broad SMARTS) is 1. The molecule has 1 atom stereocenters. The van der Waals surface area contributed by atoms with E-state index in [9.17, 15) is 9.59 Å². The number of unbranched alkanes of at least 4 members (excludes halogenated alkanes) is 1. The Hall–Kier alpha value is -3.29. The molecule has 0 bridgehead atoms. The van der Waals surface area contributed by atoms with Crippen molar-refractivity contribution in [2.24, 2.45) is 0 Å². The largest absolute Gasteiger partial charge is 0.481 e. The maximum Gasteiger partial charge on any atom is 0.305 e. The second-order valence-corrected chi connectivity index (χ2v) is 9.12. The molecule has 0 unspecified atom stereocenters. The lowest BCUT2D eigenvalue weighted by Crippen LogP contribution is -2.28. The van der Waals surface area contributed by atoms with Gasteiger partial charge in [-0.15, -0.1) is 0 Å². The standard InChI is InChI=1S/C27H29Cl2N3O4/c1-2-3-4-22(32-21-9-5-18(6-10-21)27(35)30-14-13-26(33)34)17-36-25-12-7-19(16-31-25)23-11-8-20(28)15-24(23)29/h5-12,15-16,22,32H,2-4,13-14,17H2,1H3,(H,30,35)(H,33,34)/t22-/m0/s1. The van der Waals surface area contributed by atoms with Gasteiger partial charge in [0, 0.05) is 51.2 Å². The third kappa shape index (κ3) is 8.43. The molecule has 0 aliphatic heterocycles. The first-order valence-corrected chi connectivity index (χ1v) is 12.5. The molecule has 1 amide bonds. The highest BCUT2D eigenvalue weighted by Crippen LogP contribution is 2.30. The lowest BCUT2D eigenvalue weighted by molar-refractivity contribution is -0.136. The molecule has 36 heavy (non-hydrogen) atoms. The molecule has 3 aromatic rings. The molecule has 0 spiro atoms. The summed E-state index contributed by atoms with van der Waals surface area (Å²) in [4.78, 5) is 27.2. The molecule has 190 valence electrons. The van der Waals surface area contributed by atoms with E-state index in [-0.39, 0.29) is 24.9 Å². The third-order valence-electron chi connectivity index (χ3n) is 5.46. The number of benzene rings is 2. The van der Waals surface area contributed by atoms with E-state index >= 15 is 0 Å². The van der Waals surface area contributed by atoms with Crippen LogP contribution in [0.4, 0.5) is 5.69 Å². The van der Waals surface area contributed by atoms with Gasteiger partial charge in [0.05, 0.1) is 12.5 Å². The van der Waals surface area contributed by atoms with Crippen LogP contribution in [0.1, 0.15) is 43.0 Å². The average molecular weight is 530 g/mol. The number of nitrogens with zero attached hydrogens (tertiary/aromatic N) is 1. The van der Waals surface area contributed by atoms with Crippen molar-refractivity contribution in [3.63, 3.8) is 0 Å². The van der Waals surface area contributed by atoms with E-state index in [0.29, 0.717) is 28.1 Å². The summed E-state index contributed by atoms with van der Waals surface area (Å²) in [5.41, 5.74) is 3.05. The highest BCUT2D eigenvalue weighted by atomic mass is 35.5. The van der Waals surface area contributed by atoms with E-state index in [2.05, 4.69) is 22.5 Å². The maximum absolute atomic E-state index is 12.1. The van der Waals surface area contributed by atoms with E-state index in [1.165, 1.54) is 0 Å². The number of aliphatic carboxylic acids is 1. The Bertz CT molecular complexity index is 1150. The zero-order valence-corrected chi connectivity index (χ0v) is 21.5. The maximum atomic E-state index is 12.1. The van der Waals surface area contributed by atoms with Crippen molar-refractivity contribution in [1.29, 1.82) is 0 Å². The smallest absolute Gasteiger partial charge is 0.305 e. The molecular weight excluding hydrogens is 501 g/mol. The van der Waals surface area contributed by atoms with Crippen LogP contribution in [0.5, 0.6) is 5.88 Å². The van der Waals surface area contributed by atoms with Gasteiger partial charge in [-0.2, -0.15) is 0 Å². The molecule has 7 nitrogen and oxygen atoms in total. The van der Waals surface area contributed by atoms with Crippen molar-refractivity contribution in [2.45, 2.75) is 38.6 Å². The molecule has 0 aliphatic carbocycles. The SMILES string of the molecule is CCCC[C@@H](COc1ccc(-c2ccc(Cl)cc2Cl)cn1)Nc1ccc(C(=O)NCCC(=O)O)cc1. The number of nitrogens with one attached hydrogen (secondary N) is 2. The Balaban J connectivity index is 1.57. The summed E-state index contributed by atoms with van der Waals surface area (Å²) in [7, 11) is 0. The molecule has 1 heterocycles. The number of pyridine rings is 1. The van der Waals surface area contributed by atoms with Crippen LogP contribution in [0.2, 0.25) is 10.0 Å². The number of carbonyl (C=O) groups is 2. The molecule has 0 fully saturated rings.